The molecule has 0 aliphatic carbocycles. The summed E-state index contributed by atoms with van der Waals surface area (Å²) in [7, 11) is 0. The zero-order valence-corrected chi connectivity index (χ0v) is 14.7. The number of benzene rings is 2. The van der Waals surface area contributed by atoms with E-state index in [-0.39, 0.29) is 12.4 Å². The minimum absolute atomic E-state index is 0.124. The van der Waals surface area contributed by atoms with Crippen molar-refractivity contribution in [3.8, 4) is 0 Å². The molecule has 0 spiro atoms. The summed E-state index contributed by atoms with van der Waals surface area (Å²) in [5.41, 5.74) is 2.01. The Hall–Kier alpha value is -2.73. The van der Waals surface area contributed by atoms with Crippen LogP contribution in [-0.4, -0.2) is 24.7 Å². The molecule has 6 heteroatoms. The zero-order chi connectivity index (χ0) is 17.8. The lowest BCUT2D eigenvalue weighted by atomic mass is 10.1. The molecule has 1 aromatic heterocycles. The van der Waals surface area contributed by atoms with Crippen molar-refractivity contribution < 1.29 is 18.7 Å². The number of esters is 1. The molecule has 0 aliphatic rings. The Kier molecular flexibility index (Phi) is 5.09. The van der Waals surface area contributed by atoms with E-state index in [1.165, 1.54) is 11.8 Å². The van der Waals surface area contributed by atoms with Gasteiger partial charge in [-0.1, -0.05) is 30.3 Å². The number of para-hydroxylation sites is 2. The maximum atomic E-state index is 12.2. The van der Waals surface area contributed by atoms with Gasteiger partial charge in [-0.15, -0.1) is 11.8 Å². The molecule has 0 aliphatic heterocycles. The van der Waals surface area contributed by atoms with Gasteiger partial charge < -0.3 is 14.5 Å². The predicted molar refractivity (Wildman–Crippen MR) is 98.1 cm³/mol. The SMILES string of the molecule is CSc1ccccc1NC(=O)COC(=O)c1oc2ccccc2c1C. The van der Waals surface area contributed by atoms with Crippen LogP contribution in [0, 0.1) is 6.92 Å². The average Bonchev–Trinajstić information content (AvgIpc) is 2.97. The molecule has 25 heavy (non-hydrogen) atoms. The van der Waals surface area contributed by atoms with E-state index in [9.17, 15) is 9.59 Å². The summed E-state index contributed by atoms with van der Waals surface area (Å²) in [5.74, 6) is -0.927. The van der Waals surface area contributed by atoms with Gasteiger partial charge in [0.1, 0.15) is 5.58 Å². The molecule has 128 valence electrons. The second-order valence-corrected chi connectivity index (χ2v) is 6.23. The number of fused-ring (bicyclic) bond motifs is 1. The van der Waals surface area contributed by atoms with E-state index < -0.39 is 11.9 Å². The van der Waals surface area contributed by atoms with Crippen molar-refractivity contribution in [1.29, 1.82) is 0 Å². The molecule has 1 N–H and O–H groups in total. The van der Waals surface area contributed by atoms with Crippen LogP contribution in [-0.2, 0) is 9.53 Å². The summed E-state index contributed by atoms with van der Waals surface area (Å²) >= 11 is 1.53. The fraction of sp³-hybridized carbons (Fsp3) is 0.158. The third kappa shape index (κ3) is 3.69. The van der Waals surface area contributed by atoms with Crippen molar-refractivity contribution in [3.63, 3.8) is 0 Å². The topological polar surface area (TPSA) is 68.5 Å². The maximum absolute atomic E-state index is 12.2. The molecule has 0 bridgehead atoms. The molecule has 0 fully saturated rings. The fourth-order valence-electron chi connectivity index (χ4n) is 2.50. The standard InChI is InChI=1S/C19H17NO4S/c1-12-13-7-3-5-9-15(13)24-18(12)19(22)23-11-17(21)20-14-8-4-6-10-16(14)25-2/h3-10H,11H2,1-2H3,(H,20,21). The Morgan fingerprint density at radius 1 is 1.12 bits per heavy atom. The Bertz CT molecular complexity index is 932. The molecule has 0 unspecified atom stereocenters. The summed E-state index contributed by atoms with van der Waals surface area (Å²) in [6.07, 6.45) is 1.93. The molecule has 5 nitrogen and oxygen atoms in total. The first-order chi connectivity index (χ1) is 12.1. The smallest absolute Gasteiger partial charge is 0.375 e. The molecule has 0 radical (unpaired) electrons. The van der Waals surface area contributed by atoms with Crippen molar-refractivity contribution >= 4 is 40.3 Å². The van der Waals surface area contributed by atoms with Crippen molar-refractivity contribution in [1.82, 2.24) is 0 Å². The van der Waals surface area contributed by atoms with Gasteiger partial charge in [0.05, 0.1) is 5.69 Å². The van der Waals surface area contributed by atoms with Crippen LogP contribution < -0.4 is 5.32 Å². The average molecular weight is 355 g/mol. The number of nitrogens with one attached hydrogen (secondary N) is 1. The number of thioether (sulfide) groups is 1. The highest BCUT2D eigenvalue weighted by atomic mass is 32.2. The molecule has 0 saturated heterocycles. The monoisotopic (exact) mass is 355 g/mol. The normalized spacial score (nSPS) is 10.6. The second kappa shape index (κ2) is 7.44. The van der Waals surface area contributed by atoms with Gasteiger partial charge in [-0.3, -0.25) is 4.79 Å². The first kappa shape index (κ1) is 17.1. The van der Waals surface area contributed by atoms with Crippen LogP contribution >= 0.6 is 11.8 Å². The van der Waals surface area contributed by atoms with Crippen molar-refractivity contribution in [2.75, 3.05) is 18.2 Å². The van der Waals surface area contributed by atoms with Crippen LogP contribution in [0.15, 0.2) is 57.8 Å². The summed E-state index contributed by atoms with van der Waals surface area (Å²) < 4.78 is 10.6. The second-order valence-electron chi connectivity index (χ2n) is 5.38. The van der Waals surface area contributed by atoms with Gasteiger partial charge in [-0.2, -0.15) is 0 Å². The third-order valence-corrected chi connectivity index (χ3v) is 4.54. The van der Waals surface area contributed by atoms with Gasteiger partial charge in [0.2, 0.25) is 5.76 Å². The Balaban J connectivity index is 1.65. The summed E-state index contributed by atoms with van der Waals surface area (Å²) in [5, 5.41) is 3.60. The zero-order valence-electron chi connectivity index (χ0n) is 13.9. The van der Waals surface area contributed by atoms with Crippen LogP contribution in [0.3, 0.4) is 0 Å². The van der Waals surface area contributed by atoms with E-state index in [1.54, 1.807) is 19.1 Å². The summed E-state index contributed by atoms with van der Waals surface area (Å²) in [6, 6.07) is 14.8. The lowest BCUT2D eigenvalue weighted by Gasteiger charge is -2.09. The molecule has 3 rings (SSSR count). The molecule has 3 aromatic rings. The number of amides is 1. The molecule has 0 saturated carbocycles. The summed E-state index contributed by atoms with van der Waals surface area (Å²) in [6.45, 7) is 1.41. The fourth-order valence-corrected chi connectivity index (χ4v) is 3.05. The van der Waals surface area contributed by atoms with Gasteiger partial charge in [-0.25, -0.2) is 4.79 Å². The van der Waals surface area contributed by atoms with Gasteiger partial charge in [-0.05, 0) is 31.4 Å². The van der Waals surface area contributed by atoms with Crippen LogP contribution in [0.25, 0.3) is 11.0 Å². The molecule has 1 amide bonds. The lowest BCUT2D eigenvalue weighted by Crippen LogP contribution is -2.21. The van der Waals surface area contributed by atoms with Crippen molar-refractivity contribution in [2.24, 2.45) is 0 Å². The van der Waals surface area contributed by atoms with E-state index >= 15 is 0 Å². The van der Waals surface area contributed by atoms with Gasteiger partial charge in [0.15, 0.2) is 6.61 Å². The maximum Gasteiger partial charge on any atom is 0.375 e. The van der Waals surface area contributed by atoms with Crippen LogP contribution in [0.5, 0.6) is 0 Å². The first-order valence-electron chi connectivity index (χ1n) is 7.68. The van der Waals surface area contributed by atoms with E-state index in [0.29, 0.717) is 16.8 Å². The van der Waals surface area contributed by atoms with E-state index in [4.69, 9.17) is 9.15 Å². The van der Waals surface area contributed by atoms with Gasteiger partial charge >= 0.3 is 5.97 Å². The highest BCUT2D eigenvalue weighted by Gasteiger charge is 2.20. The minimum atomic E-state index is -0.651. The Morgan fingerprint density at radius 3 is 2.60 bits per heavy atom. The van der Waals surface area contributed by atoms with E-state index in [0.717, 1.165) is 10.3 Å². The molecule has 2 aromatic carbocycles. The Labute approximate surface area is 149 Å². The molecular formula is C19H17NO4S. The number of carbonyl (C=O) groups is 2. The molecule has 0 atom stereocenters. The number of carbonyl (C=O) groups excluding carboxylic acids is 2. The predicted octanol–water partition coefficient (Wildman–Crippen LogP) is 4.26. The number of rotatable bonds is 5. The molecular weight excluding hydrogens is 338 g/mol. The van der Waals surface area contributed by atoms with Gasteiger partial charge in [0, 0.05) is 15.8 Å². The number of furan rings is 1. The number of ether oxygens (including phenoxy) is 1. The number of hydrogen-bond donors (Lipinski definition) is 1. The number of anilines is 1. The number of hydrogen-bond acceptors (Lipinski definition) is 5. The van der Waals surface area contributed by atoms with E-state index in [2.05, 4.69) is 5.32 Å². The molecule has 1 heterocycles. The highest BCUT2D eigenvalue weighted by Crippen LogP contribution is 2.26. The van der Waals surface area contributed by atoms with Crippen LogP contribution in [0.4, 0.5) is 5.69 Å². The lowest BCUT2D eigenvalue weighted by molar-refractivity contribution is -0.119. The first-order valence-corrected chi connectivity index (χ1v) is 8.90. The van der Waals surface area contributed by atoms with Crippen LogP contribution in [0.1, 0.15) is 16.1 Å². The number of aryl methyl sites for hydroxylation is 1. The third-order valence-electron chi connectivity index (χ3n) is 3.74. The highest BCUT2D eigenvalue weighted by molar-refractivity contribution is 7.98. The Morgan fingerprint density at radius 2 is 1.84 bits per heavy atom. The van der Waals surface area contributed by atoms with Crippen LogP contribution in [0.2, 0.25) is 0 Å². The largest absolute Gasteiger partial charge is 0.450 e. The minimum Gasteiger partial charge on any atom is -0.450 e. The van der Waals surface area contributed by atoms with Gasteiger partial charge in [0.25, 0.3) is 5.91 Å². The van der Waals surface area contributed by atoms with Crippen molar-refractivity contribution in [3.05, 3.63) is 59.9 Å². The van der Waals surface area contributed by atoms with E-state index in [1.807, 2.05) is 42.7 Å². The van der Waals surface area contributed by atoms with Crippen molar-refractivity contribution in [2.45, 2.75) is 11.8 Å². The summed E-state index contributed by atoms with van der Waals surface area (Å²) in [4.78, 5) is 25.2. The quantitative estimate of drug-likeness (QED) is 0.547.